The Hall–Kier alpha value is -2.43. The molecule has 1 amide bonds. The zero-order chi connectivity index (χ0) is 14.5. The summed E-state index contributed by atoms with van der Waals surface area (Å²) in [5.74, 6) is -0.610. The number of aromatic nitrogens is 1. The van der Waals surface area contributed by atoms with E-state index in [2.05, 4.69) is 10.3 Å². The van der Waals surface area contributed by atoms with Crippen molar-refractivity contribution in [2.24, 2.45) is 0 Å². The molecule has 0 spiro atoms. The van der Waals surface area contributed by atoms with Crippen LogP contribution in [0.3, 0.4) is 0 Å². The number of hydrogen-bond donors (Lipinski definition) is 2. The monoisotopic (exact) mass is 274 g/mol. The number of carbonyl (C=O) groups excluding carboxylic acids is 1. The average molecular weight is 274 g/mol. The van der Waals surface area contributed by atoms with Crippen LogP contribution in [0.1, 0.15) is 21.5 Å². The zero-order valence-electron chi connectivity index (χ0n) is 11.1. The highest BCUT2D eigenvalue weighted by Gasteiger charge is 2.07. The minimum absolute atomic E-state index is 0.0490. The summed E-state index contributed by atoms with van der Waals surface area (Å²) in [7, 11) is 0. The van der Waals surface area contributed by atoms with Crippen molar-refractivity contribution >= 4 is 5.91 Å². The maximum atomic E-state index is 13.0. The molecule has 1 aromatic carbocycles. The Kier molecular flexibility index (Phi) is 4.30. The van der Waals surface area contributed by atoms with Gasteiger partial charge in [0.1, 0.15) is 11.6 Å². The molecular formula is C15H15FN2O2. The van der Waals surface area contributed by atoms with Gasteiger partial charge in [-0.25, -0.2) is 4.39 Å². The van der Waals surface area contributed by atoms with Crippen molar-refractivity contribution in [2.75, 3.05) is 6.54 Å². The van der Waals surface area contributed by atoms with E-state index in [9.17, 15) is 14.3 Å². The molecule has 0 radical (unpaired) electrons. The lowest BCUT2D eigenvalue weighted by Crippen LogP contribution is -2.25. The predicted octanol–water partition coefficient (Wildman–Crippen LogP) is 2.21. The maximum absolute atomic E-state index is 13.0. The second-order valence-electron chi connectivity index (χ2n) is 4.51. The van der Waals surface area contributed by atoms with Gasteiger partial charge in [0.2, 0.25) is 0 Å². The zero-order valence-corrected chi connectivity index (χ0v) is 11.1. The second kappa shape index (κ2) is 6.14. The van der Waals surface area contributed by atoms with Crippen LogP contribution in [-0.4, -0.2) is 22.5 Å². The van der Waals surface area contributed by atoms with Gasteiger partial charge in [-0.2, -0.15) is 0 Å². The Bertz CT molecular complexity index is 629. The molecule has 1 aromatic heterocycles. The van der Waals surface area contributed by atoms with Crippen LogP contribution in [0.25, 0.3) is 0 Å². The van der Waals surface area contributed by atoms with E-state index in [1.165, 1.54) is 30.6 Å². The first kappa shape index (κ1) is 14.0. The largest absolute Gasteiger partial charge is 0.506 e. The van der Waals surface area contributed by atoms with E-state index in [-0.39, 0.29) is 17.5 Å². The smallest absolute Gasteiger partial charge is 0.252 e. The molecule has 2 aromatic rings. The van der Waals surface area contributed by atoms with Crippen LogP contribution in [0.15, 0.2) is 36.7 Å². The maximum Gasteiger partial charge on any atom is 0.252 e. The van der Waals surface area contributed by atoms with E-state index in [0.29, 0.717) is 18.5 Å². The molecule has 0 saturated carbocycles. The van der Waals surface area contributed by atoms with Crippen LogP contribution in [0.5, 0.6) is 5.75 Å². The summed E-state index contributed by atoms with van der Waals surface area (Å²) in [5.41, 5.74) is 2.15. The molecule has 0 aliphatic rings. The van der Waals surface area contributed by atoms with E-state index in [0.717, 1.165) is 11.1 Å². The molecule has 0 aliphatic heterocycles. The Morgan fingerprint density at radius 2 is 2.15 bits per heavy atom. The Morgan fingerprint density at radius 3 is 2.85 bits per heavy atom. The normalized spacial score (nSPS) is 10.3. The highest BCUT2D eigenvalue weighted by Crippen LogP contribution is 2.11. The summed E-state index contributed by atoms with van der Waals surface area (Å²) in [6.07, 6.45) is 3.26. The van der Waals surface area contributed by atoms with Gasteiger partial charge in [0.15, 0.2) is 0 Å². The van der Waals surface area contributed by atoms with Gasteiger partial charge >= 0.3 is 0 Å². The lowest BCUT2D eigenvalue weighted by molar-refractivity contribution is 0.0953. The number of carbonyl (C=O) groups is 1. The van der Waals surface area contributed by atoms with Crippen molar-refractivity contribution in [1.82, 2.24) is 10.3 Å². The minimum atomic E-state index is -0.298. The summed E-state index contributed by atoms with van der Waals surface area (Å²) in [4.78, 5) is 15.5. The van der Waals surface area contributed by atoms with E-state index in [1.54, 1.807) is 6.07 Å². The number of aromatic hydroxyl groups is 1. The number of aryl methyl sites for hydroxylation is 1. The quantitative estimate of drug-likeness (QED) is 0.898. The molecule has 2 rings (SSSR count). The van der Waals surface area contributed by atoms with Crippen LogP contribution < -0.4 is 5.32 Å². The first-order valence-corrected chi connectivity index (χ1v) is 6.23. The predicted molar refractivity (Wildman–Crippen MR) is 73.1 cm³/mol. The van der Waals surface area contributed by atoms with E-state index < -0.39 is 0 Å². The molecule has 104 valence electrons. The third-order valence-electron chi connectivity index (χ3n) is 2.97. The van der Waals surface area contributed by atoms with Crippen LogP contribution in [0.4, 0.5) is 4.39 Å². The van der Waals surface area contributed by atoms with Gasteiger partial charge in [0.05, 0.1) is 11.8 Å². The third kappa shape index (κ3) is 3.54. The van der Waals surface area contributed by atoms with Crippen LogP contribution in [-0.2, 0) is 6.42 Å². The van der Waals surface area contributed by atoms with Crippen molar-refractivity contribution in [3.05, 3.63) is 59.2 Å². The number of halogens is 1. The number of nitrogens with zero attached hydrogens (tertiary/aromatic N) is 1. The first-order chi connectivity index (χ1) is 9.56. The molecule has 4 nitrogen and oxygen atoms in total. The number of hydrogen-bond acceptors (Lipinski definition) is 3. The molecule has 5 heteroatoms. The van der Waals surface area contributed by atoms with Crippen LogP contribution in [0, 0.1) is 12.7 Å². The summed E-state index contributed by atoms with van der Waals surface area (Å²) >= 11 is 0. The molecule has 0 fully saturated rings. The fourth-order valence-corrected chi connectivity index (χ4v) is 1.90. The van der Waals surface area contributed by atoms with E-state index in [4.69, 9.17) is 0 Å². The number of pyridine rings is 1. The van der Waals surface area contributed by atoms with Crippen LogP contribution >= 0.6 is 0 Å². The molecule has 20 heavy (non-hydrogen) atoms. The molecule has 0 aliphatic carbocycles. The van der Waals surface area contributed by atoms with E-state index in [1.807, 2.05) is 6.92 Å². The number of rotatable bonds is 4. The van der Waals surface area contributed by atoms with E-state index >= 15 is 0 Å². The van der Waals surface area contributed by atoms with Gasteiger partial charge in [-0.3, -0.25) is 9.78 Å². The highest BCUT2D eigenvalue weighted by molar-refractivity contribution is 5.94. The number of benzene rings is 1. The third-order valence-corrected chi connectivity index (χ3v) is 2.97. The Morgan fingerprint density at radius 1 is 1.35 bits per heavy atom. The SMILES string of the molecule is Cc1cc(F)ccc1CCNC(=O)c1cncc(O)c1. The molecule has 0 saturated heterocycles. The van der Waals surface area contributed by atoms with Gasteiger partial charge in [0.25, 0.3) is 5.91 Å². The average Bonchev–Trinajstić information content (AvgIpc) is 2.41. The molecule has 0 unspecified atom stereocenters. The number of amides is 1. The van der Waals surface area contributed by atoms with Gasteiger partial charge < -0.3 is 10.4 Å². The molecule has 1 heterocycles. The van der Waals surface area contributed by atoms with Crippen molar-refractivity contribution in [3.63, 3.8) is 0 Å². The fraction of sp³-hybridized carbons (Fsp3) is 0.200. The van der Waals surface area contributed by atoms with Crippen molar-refractivity contribution < 1.29 is 14.3 Å². The lowest BCUT2D eigenvalue weighted by Gasteiger charge is -2.08. The molecular weight excluding hydrogens is 259 g/mol. The van der Waals surface area contributed by atoms with Gasteiger partial charge in [0, 0.05) is 12.7 Å². The summed E-state index contributed by atoms with van der Waals surface area (Å²) in [6.45, 7) is 2.26. The van der Waals surface area contributed by atoms with Crippen LogP contribution in [0.2, 0.25) is 0 Å². The summed E-state index contributed by atoms with van der Waals surface area (Å²) in [5, 5.41) is 12.0. The van der Waals surface area contributed by atoms with Gasteiger partial charge in [-0.15, -0.1) is 0 Å². The fourth-order valence-electron chi connectivity index (χ4n) is 1.90. The lowest BCUT2D eigenvalue weighted by atomic mass is 10.1. The van der Waals surface area contributed by atoms with Crippen molar-refractivity contribution in [1.29, 1.82) is 0 Å². The summed E-state index contributed by atoms with van der Waals surface area (Å²) < 4.78 is 13.0. The summed E-state index contributed by atoms with van der Waals surface area (Å²) in [6, 6.07) is 5.94. The molecule has 2 N–H and O–H groups in total. The molecule has 0 bridgehead atoms. The molecule has 0 atom stereocenters. The van der Waals surface area contributed by atoms with Crippen molar-refractivity contribution in [3.8, 4) is 5.75 Å². The van der Waals surface area contributed by atoms with Gasteiger partial charge in [-0.05, 0) is 42.7 Å². The first-order valence-electron chi connectivity index (χ1n) is 6.23. The Balaban J connectivity index is 1.91. The topological polar surface area (TPSA) is 62.2 Å². The van der Waals surface area contributed by atoms with Crippen molar-refractivity contribution in [2.45, 2.75) is 13.3 Å². The Labute approximate surface area is 116 Å². The highest BCUT2D eigenvalue weighted by atomic mass is 19.1. The van der Waals surface area contributed by atoms with Gasteiger partial charge in [-0.1, -0.05) is 6.07 Å². The minimum Gasteiger partial charge on any atom is -0.506 e. The number of nitrogens with one attached hydrogen (secondary N) is 1. The second-order valence-corrected chi connectivity index (χ2v) is 4.51. The standard InChI is InChI=1S/C15H15FN2O2/c1-10-6-13(16)3-2-11(10)4-5-18-15(20)12-7-14(19)9-17-8-12/h2-3,6-9,19H,4-5H2,1H3,(H,18,20).